The molecule has 1 atom stereocenters. The Morgan fingerprint density at radius 3 is 2.74 bits per heavy atom. The van der Waals surface area contributed by atoms with Crippen LogP contribution in [0.2, 0.25) is 0 Å². The van der Waals surface area contributed by atoms with Crippen molar-refractivity contribution in [3.63, 3.8) is 0 Å². The van der Waals surface area contributed by atoms with Crippen molar-refractivity contribution in [2.45, 2.75) is 53.4 Å². The molecule has 2 rings (SSSR count). The van der Waals surface area contributed by atoms with E-state index in [1.807, 2.05) is 18.7 Å². The zero-order valence-electron chi connectivity index (χ0n) is 12.2. The predicted molar refractivity (Wildman–Crippen MR) is 75.9 cm³/mol. The maximum absolute atomic E-state index is 4.54. The molecule has 0 aliphatic rings. The lowest BCUT2D eigenvalue weighted by Gasteiger charge is -2.14. The minimum atomic E-state index is 0.401. The molecule has 0 amide bonds. The van der Waals surface area contributed by atoms with Crippen molar-refractivity contribution in [3.8, 4) is 0 Å². The minimum absolute atomic E-state index is 0.401. The number of hydrogen-bond donors (Lipinski definition) is 1. The van der Waals surface area contributed by atoms with Crippen molar-refractivity contribution in [3.05, 3.63) is 35.7 Å². The second kappa shape index (κ2) is 6.02. The van der Waals surface area contributed by atoms with Gasteiger partial charge in [-0.05, 0) is 27.7 Å². The SMILES string of the molecule is CCn1nc(C)c(CNC(C)Cn2ccnc2)c1C. The summed E-state index contributed by atoms with van der Waals surface area (Å²) in [7, 11) is 0. The fraction of sp³-hybridized carbons (Fsp3) is 0.571. The molecule has 0 spiro atoms. The molecule has 104 valence electrons. The summed E-state index contributed by atoms with van der Waals surface area (Å²) < 4.78 is 4.15. The van der Waals surface area contributed by atoms with Crippen LogP contribution in [0, 0.1) is 13.8 Å². The monoisotopic (exact) mass is 261 g/mol. The highest BCUT2D eigenvalue weighted by atomic mass is 15.3. The first-order chi connectivity index (χ1) is 9.11. The molecule has 19 heavy (non-hydrogen) atoms. The van der Waals surface area contributed by atoms with Gasteiger partial charge in [0.1, 0.15) is 0 Å². The van der Waals surface area contributed by atoms with Crippen LogP contribution < -0.4 is 5.32 Å². The molecule has 1 unspecified atom stereocenters. The quantitative estimate of drug-likeness (QED) is 0.864. The Morgan fingerprint density at radius 2 is 2.16 bits per heavy atom. The standard InChI is InChI=1S/C14H23N5/c1-5-19-13(4)14(12(3)17-19)8-16-11(2)9-18-7-6-15-10-18/h6-7,10-11,16H,5,8-9H2,1-4H3. The third-order valence-electron chi connectivity index (χ3n) is 3.50. The predicted octanol–water partition coefficient (Wildman–Crippen LogP) is 1.89. The summed E-state index contributed by atoms with van der Waals surface area (Å²) in [6, 6.07) is 0.401. The third-order valence-corrected chi connectivity index (χ3v) is 3.50. The molecule has 2 aromatic rings. The normalized spacial score (nSPS) is 12.8. The Morgan fingerprint density at radius 1 is 1.37 bits per heavy atom. The van der Waals surface area contributed by atoms with Gasteiger partial charge < -0.3 is 9.88 Å². The van der Waals surface area contributed by atoms with Gasteiger partial charge in [-0.2, -0.15) is 5.10 Å². The minimum Gasteiger partial charge on any atom is -0.336 e. The molecule has 5 nitrogen and oxygen atoms in total. The Kier molecular flexibility index (Phi) is 4.37. The lowest BCUT2D eigenvalue weighted by molar-refractivity contribution is 0.475. The maximum Gasteiger partial charge on any atom is 0.0946 e. The first kappa shape index (κ1) is 13.8. The van der Waals surface area contributed by atoms with E-state index in [0.29, 0.717) is 6.04 Å². The second-order valence-electron chi connectivity index (χ2n) is 5.01. The van der Waals surface area contributed by atoms with Gasteiger partial charge in [0.05, 0.1) is 12.0 Å². The van der Waals surface area contributed by atoms with Crippen LogP contribution in [0.5, 0.6) is 0 Å². The second-order valence-corrected chi connectivity index (χ2v) is 5.01. The van der Waals surface area contributed by atoms with Gasteiger partial charge in [-0.15, -0.1) is 0 Å². The van der Waals surface area contributed by atoms with Crippen LogP contribution in [0.3, 0.4) is 0 Å². The summed E-state index contributed by atoms with van der Waals surface area (Å²) in [6.07, 6.45) is 5.65. The molecular weight excluding hydrogens is 238 g/mol. The fourth-order valence-electron chi connectivity index (χ4n) is 2.35. The van der Waals surface area contributed by atoms with Crippen molar-refractivity contribution in [2.24, 2.45) is 0 Å². The van der Waals surface area contributed by atoms with Gasteiger partial charge in [-0.3, -0.25) is 4.68 Å². The summed E-state index contributed by atoms with van der Waals surface area (Å²) in [5.41, 5.74) is 3.71. The molecule has 2 heterocycles. The Labute approximate surface area is 114 Å². The van der Waals surface area contributed by atoms with Gasteiger partial charge in [0.2, 0.25) is 0 Å². The van der Waals surface area contributed by atoms with Crippen LogP contribution in [-0.2, 0) is 19.6 Å². The number of nitrogens with one attached hydrogen (secondary N) is 1. The molecule has 0 aliphatic carbocycles. The summed E-state index contributed by atoms with van der Waals surface area (Å²) in [5, 5.41) is 8.10. The number of aryl methyl sites for hydroxylation is 2. The maximum atomic E-state index is 4.54. The molecule has 0 saturated heterocycles. The first-order valence-corrected chi connectivity index (χ1v) is 6.83. The fourth-order valence-corrected chi connectivity index (χ4v) is 2.35. The lowest BCUT2D eigenvalue weighted by Crippen LogP contribution is -2.30. The van der Waals surface area contributed by atoms with Crippen molar-refractivity contribution < 1.29 is 0 Å². The molecule has 0 aromatic carbocycles. The van der Waals surface area contributed by atoms with Crippen LogP contribution >= 0.6 is 0 Å². The Balaban J connectivity index is 1.93. The van der Waals surface area contributed by atoms with E-state index in [0.717, 1.165) is 25.3 Å². The van der Waals surface area contributed by atoms with Gasteiger partial charge in [-0.1, -0.05) is 0 Å². The van der Waals surface area contributed by atoms with E-state index < -0.39 is 0 Å². The van der Waals surface area contributed by atoms with Crippen molar-refractivity contribution in [1.82, 2.24) is 24.6 Å². The Hall–Kier alpha value is -1.62. The summed E-state index contributed by atoms with van der Waals surface area (Å²) in [6.45, 7) is 11.3. The van der Waals surface area contributed by atoms with Crippen molar-refractivity contribution >= 4 is 0 Å². The van der Waals surface area contributed by atoms with E-state index in [1.165, 1.54) is 11.3 Å². The van der Waals surface area contributed by atoms with Gasteiger partial charge in [-0.25, -0.2) is 4.98 Å². The highest BCUT2D eigenvalue weighted by Gasteiger charge is 2.11. The number of imidazole rings is 1. The summed E-state index contributed by atoms with van der Waals surface area (Å²) in [4.78, 5) is 4.06. The van der Waals surface area contributed by atoms with Crippen LogP contribution in [0.4, 0.5) is 0 Å². The topological polar surface area (TPSA) is 47.7 Å². The molecule has 0 saturated carbocycles. The van der Waals surface area contributed by atoms with Crippen LogP contribution in [0.15, 0.2) is 18.7 Å². The van der Waals surface area contributed by atoms with Gasteiger partial charge in [0.15, 0.2) is 0 Å². The molecule has 2 aromatic heterocycles. The largest absolute Gasteiger partial charge is 0.336 e. The van der Waals surface area contributed by atoms with E-state index in [-0.39, 0.29) is 0 Å². The van der Waals surface area contributed by atoms with E-state index in [2.05, 4.69) is 52.3 Å². The molecule has 0 bridgehead atoms. The first-order valence-electron chi connectivity index (χ1n) is 6.83. The van der Waals surface area contributed by atoms with E-state index in [1.54, 1.807) is 0 Å². The Bertz CT molecular complexity index is 512. The van der Waals surface area contributed by atoms with Crippen molar-refractivity contribution in [2.75, 3.05) is 0 Å². The zero-order valence-corrected chi connectivity index (χ0v) is 12.2. The van der Waals surface area contributed by atoms with Crippen LogP contribution in [0.1, 0.15) is 30.8 Å². The number of nitrogens with zero attached hydrogens (tertiary/aromatic N) is 4. The van der Waals surface area contributed by atoms with E-state index in [9.17, 15) is 0 Å². The summed E-state index contributed by atoms with van der Waals surface area (Å²) >= 11 is 0. The number of rotatable bonds is 6. The average Bonchev–Trinajstić information content (AvgIpc) is 2.96. The van der Waals surface area contributed by atoms with E-state index in [4.69, 9.17) is 0 Å². The van der Waals surface area contributed by atoms with Gasteiger partial charge >= 0.3 is 0 Å². The van der Waals surface area contributed by atoms with Gasteiger partial charge in [0.25, 0.3) is 0 Å². The van der Waals surface area contributed by atoms with E-state index >= 15 is 0 Å². The van der Waals surface area contributed by atoms with Crippen molar-refractivity contribution in [1.29, 1.82) is 0 Å². The summed E-state index contributed by atoms with van der Waals surface area (Å²) in [5.74, 6) is 0. The molecule has 5 heteroatoms. The number of hydrogen-bond acceptors (Lipinski definition) is 3. The molecular formula is C14H23N5. The van der Waals surface area contributed by atoms with Crippen LogP contribution in [-0.4, -0.2) is 25.4 Å². The third kappa shape index (κ3) is 3.23. The molecule has 0 fully saturated rings. The zero-order chi connectivity index (χ0) is 13.8. The highest BCUT2D eigenvalue weighted by molar-refractivity contribution is 5.24. The smallest absolute Gasteiger partial charge is 0.0946 e. The van der Waals surface area contributed by atoms with Gasteiger partial charge in [0, 0.05) is 49.3 Å². The van der Waals surface area contributed by atoms with Crippen LogP contribution in [0.25, 0.3) is 0 Å². The number of aromatic nitrogens is 4. The highest BCUT2D eigenvalue weighted by Crippen LogP contribution is 2.12. The average molecular weight is 261 g/mol. The lowest BCUT2D eigenvalue weighted by atomic mass is 10.2. The molecule has 1 N–H and O–H groups in total. The molecule has 0 aliphatic heterocycles. The molecule has 0 radical (unpaired) electrons.